The molecule has 0 spiro atoms. The molecule has 0 heterocycles. The van der Waals surface area contributed by atoms with Crippen LogP contribution in [0.3, 0.4) is 0 Å². The van der Waals surface area contributed by atoms with Crippen molar-refractivity contribution in [1.29, 1.82) is 0 Å². The normalized spacial score (nSPS) is 38.7. The molecule has 0 aromatic carbocycles. The number of aliphatic hydroxyl groups excluding tert-OH is 1. The van der Waals surface area contributed by atoms with Crippen LogP contribution in [-0.2, 0) is 4.79 Å². The van der Waals surface area contributed by atoms with E-state index in [2.05, 4.69) is 6.08 Å². The van der Waals surface area contributed by atoms with Gasteiger partial charge in [-0.05, 0) is 86.5 Å². The molecule has 2 nitrogen and oxygen atoms in total. The summed E-state index contributed by atoms with van der Waals surface area (Å²) in [7, 11) is 0. The summed E-state index contributed by atoms with van der Waals surface area (Å²) in [4.78, 5) is 12.9. The van der Waals surface area contributed by atoms with Gasteiger partial charge < -0.3 is 5.11 Å². The first-order valence-electron chi connectivity index (χ1n) is 11.6. The summed E-state index contributed by atoms with van der Waals surface area (Å²) in [6.07, 6.45) is 20.1. The zero-order valence-electron chi connectivity index (χ0n) is 16.5. The van der Waals surface area contributed by atoms with Crippen molar-refractivity contribution in [3.8, 4) is 0 Å². The van der Waals surface area contributed by atoms with Gasteiger partial charge in [0.25, 0.3) is 0 Å². The number of rotatable bonds is 5. The fourth-order valence-electron chi connectivity index (χ4n) is 6.81. The molecule has 6 unspecified atom stereocenters. The zero-order chi connectivity index (χ0) is 17.9. The minimum absolute atomic E-state index is 0.256. The Morgan fingerprint density at radius 1 is 0.923 bits per heavy atom. The van der Waals surface area contributed by atoms with Crippen LogP contribution in [0.2, 0.25) is 0 Å². The third-order valence-electron chi connectivity index (χ3n) is 8.32. The van der Waals surface area contributed by atoms with Gasteiger partial charge in [0.15, 0.2) is 5.78 Å². The molecule has 4 aliphatic rings. The summed E-state index contributed by atoms with van der Waals surface area (Å²) < 4.78 is 0. The second-order valence-corrected chi connectivity index (χ2v) is 9.79. The van der Waals surface area contributed by atoms with Crippen LogP contribution in [0, 0.1) is 29.6 Å². The molecule has 26 heavy (non-hydrogen) atoms. The van der Waals surface area contributed by atoms with Crippen LogP contribution >= 0.6 is 0 Å². The lowest BCUT2D eigenvalue weighted by Crippen LogP contribution is -2.34. The van der Waals surface area contributed by atoms with Gasteiger partial charge in [-0.2, -0.15) is 0 Å². The standard InChI is InChI=1S/C24H38O2/c25-23(20-13-12-17-6-1-2-8-19(17)16-20)14-15-24(26)22-11-5-9-18-7-3-4-10-21(18)22/h11,17-21,23,25H,1-10,12-16H2. The van der Waals surface area contributed by atoms with Gasteiger partial charge in [0.1, 0.15) is 0 Å². The third-order valence-corrected chi connectivity index (χ3v) is 8.32. The summed E-state index contributed by atoms with van der Waals surface area (Å²) >= 11 is 0. The Kier molecular flexibility index (Phi) is 6.18. The van der Waals surface area contributed by atoms with Gasteiger partial charge in [0.2, 0.25) is 0 Å². The van der Waals surface area contributed by atoms with Crippen LogP contribution in [0.15, 0.2) is 11.6 Å². The maximum atomic E-state index is 12.9. The lowest BCUT2D eigenvalue weighted by atomic mass is 9.66. The van der Waals surface area contributed by atoms with Gasteiger partial charge in [-0.1, -0.05) is 44.6 Å². The number of hydrogen-bond acceptors (Lipinski definition) is 2. The summed E-state index contributed by atoms with van der Waals surface area (Å²) in [6.45, 7) is 0. The van der Waals surface area contributed by atoms with E-state index in [0.717, 1.165) is 29.7 Å². The van der Waals surface area contributed by atoms with Gasteiger partial charge in [-0.15, -0.1) is 0 Å². The van der Waals surface area contributed by atoms with E-state index in [1.807, 2.05) is 0 Å². The van der Waals surface area contributed by atoms with E-state index in [-0.39, 0.29) is 6.10 Å². The van der Waals surface area contributed by atoms with Crippen molar-refractivity contribution < 1.29 is 9.90 Å². The summed E-state index contributed by atoms with van der Waals surface area (Å²) in [5.41, 5.74) is 1.14. The highest BCUT2D eigenvalue weighted by atomic mass is 16.3. The highest BCUT2D eigenvalue weighted by Crippen LogP contribution is 2.45. The van der Waals surface area contributed by atoms with Crippen molar-refractivity contribution in [2.45, 2.75) is 102 Å². The minimum atomic E-state index is -0.256. The van der Waals surface area contributed by atoms with Gasteiger partial charge in [0, 0.05) is 6.42 Å². The van der Waals surface area contributed by atoms with Gasteiger partial charge >= 0.3 is 0 Å². The predicted molar refractivity (Wildman–Crippen MR) is 106 cm³/mol. The number of allylic oxidation sites excluding steroid dienone is 2. The second-order valence-electron chi connectivity index (χ2n) is 9.79. The first-order valence-corrected chi connectivity index (χ1v) is 11.6. The van der Waals surface area contributed by atoms with Crippen LogP contribution in [-0.4, -0.2) is 17.0 Å². The second kappa shape index (κ2) is 8.59. The highest BCUT2D eigenvalue weighted by molar-refractivity contribution is 5.96. The van der Waals surface area contributed by atoms with E-state index < -0.39 is 0 Å². The van der Waals surface area contributed by atoms with Crippen LogP contribution < -0.4 is 0 Å². The van der Waals surface area contributed by atoms with Crippen LogP contribution in [0.4, 0.5) is 0 Å². The van der Waals surface area contributed by atoms with Crippen LogP contribution in [0.5, 0.6) is 0 Å². The first kappa shape index (κ1) is 18.7. The van der Waals surface area contributed by atoms with E-state index in [0.29, 0.717) is 30.5 Å². The Hall–Kier alpha value is -0.630. The average molecular weight is 359 g/mol. The molecular weight excluding hydrogens is 320 g/mol. The Morgan fingerprint density at radius 2 is 1.65 bits per heavy atom. The molecule has 146 valence electrons. The molecule has 0 aromatic heterocycles. The number of hydrogen-bond donors (Lipinski definition) is 1. The molecule has 1 N–H and O–H groups in total. The first-order chi connectivity index (χ1) is 12.7. The average Bonchev–Trinajstić information content (AvgIpc) is 2.71. The number of ketones is 1. The van der Waals surface area contributed by atoms with Gasteiger partial charge in [-0.3, -0.25) is 4.79 Å². The fourth-order valence-corrected chi connectivity index (χ4v) is 6.81. The highest BCUT2D eigenvalue weighted by Gasteiger charge is 2.36. The van der Waals surface area contributed by atoms with E-state index in [4.69, 9.17) is 0 Å². The van der Waals surface area contributed by atoms with Crippen molar-refractivity contribution >= 4 is 5.78 Å². The largest absolute Gasteiger partial charge is 0.393 e. The van der Waals surface area contributed by atoms with Crippen molar-refractivity contribution in [3.05, 3.63) is 11.6 Å². The number of Topliss-reactive ketones (excluding diaryl/α,β-unsaturated/α-hetero) is 1. The topological polar surface area (TPSA) is 37.3 Å². The maximum absolute atomic E-state index is 12.9. The Labute approximate surface area is 159 Å². The summed E-state index contributed by atoms with van der Waals surface area (Å²) in [5, 5.41) is 10.8. The Bertz CT molecular complexity index is 522. The summed E-state index contributed by atoms with van der Waals surface area (Å²) in [5.74, 6) is 3.90. The van der Waals surface area contributed by atoms with E-state index in [9.17, 15) is 9.90 Å². The minimum Gasteiger partial charge on any atom is -0.393 e. The van der Waals surface area contributed by atoms with Crippen molar-refractivity contribution in [1.82, 2.24) is 0 Å². The molecule has 0 amide bonds. The quantitative estimate of drug-likeness (QED) is 0.671. The molecule has 4 rings (SSSR count). The number of carbonyl (C=O) groups excluding carboxylic acids is 1. The molecule has 0 aromatic rings. The van der Waals surface area contributed by atoms with E-state index in [1.54, 1.807) is 0 Å². The lowest BCUT2D eigenvalue weighted by molar-refractivity contribution is -0.117. The number of fused-ring (bicyclic) bond motifs is 2. The SMILES string of the molecule is O=C(CCC(O)C1CCC2CCCCC2C1)C1=CCCC2CCCCC12. The third kappa shape index (κ3) is 4.11. The molecule has 3 saturated carbocycles. The van der Waals surface area contributed by atoms with Crippen LogP contribution in [0.25, 0.3) is 0 Å². The Balaban J connectivity index is 1.28. The van der Waals surface area contributed by atoms with Crippen molar-refractivity contribution in [3.63, 3.8) is 0 Å². The fraction of sp³-hybridized carbons (Fsp3) is 0.875. The van der Waals surface area contributed by atoms with E-state index >= 15 is 0 Å². The Morgan fingerprint density at radius 3 is 2.50 bits per heavy atom. The van der Waals surface area contributed by atoms with Crippen molar-refractivity contribution in [2.75, 3.05) is 0 Å². The molecule has 0 aliphatic heterocycles. The molecule has 0 bridgehead atoms. The summed E-state index contributed by atoms with van der Waals surface area (Å²) in [6, 6.07) is 0. The predicted octanol–water partition coefficient (Wildman–Crippen LogP) is 5.83. The molecule has 3 fully saturated rings. The maximum Gasteiger partial charge on any atom is 0.158 e. The molecule has 6 atom stereocenters. The van der Waals surface area contributed by atoms with Gasteiger partial charge in [0.05, 0.1) is 6.10 Å². The molecule has 0 radical (unpaired) electrons. The molecule has 2 heteroatoms. The smallest absolute Gasteiger partial charge is 0.158 e. The van der Waals surface area contributed by atoms with Crippen LogP contribution in [0.1, 0.15) is 96.3 Å². The zero-order valence-corrected chi connectivity index (χ0v) is 16.5. The van der Waals surface area contributed by atoms with E-state index in [1.165, 1.54) is 77.0 Å². The monoisotopic (exact) mass is 358 g/mol. The molecule has 0 saturated heterocycles. The number of aliphatic hydroxyl groups is 1. The van der Waals surface area contributed by atoms with Gasteiger partial charge in [-0.25, -0.2) is 0 Å². The number of carbonyl (C=O) groups is 1. The van der Waals surface area contributed by atoms with Crippen molar-refractivity contribution in [2.24, 2.45) is 29.6 Å². The molecular formula is C24H38O2. The molecule has 4 aliphatic carbocycles. The lowest BCUT2D eigenvalue weighted by Gasteiger charge is -2.41.